The molecule has 0 fully saturated rings. The molecule has 6 amide bonds. The average Bonchev–Trinajstić information content (AvgIpc) is 3.21. The zero-order valence-electron chi connectivity index (χ0n) is 35.9. The Balaban J connectivity index is 1.56. The molecular weight excluding hydrogens is 793 g/mol. The molecule has 0 spiro atoms. The topological polar surface area (TPSA) is 263 Å². The molecule has 0 radical (unpaired) electrons. The van der Waals surface area contributed by atoms with Crippen molar-refractivity contribution in [2.75, 3.05) is 65.7 Å². The Bertz CT molecular complexity index is 1570. The second-order valence-electron chi connectivity index (χ2n) is 15.4. The van der Waals surface area contributed by atoms with Gasteiger partial charge in [0.2, 0.25) is 0 Å². The fourth-order valence-corrected chi connectivity index (χ4v) is 5.72. The number of alkyl carbamates (subject to hydrolysis) is 1. The summed E-state index contributed by atoms with van der Waals surface area (Å²) >= 11 is 0. The highest BCUT2D eigenvalue weighted by atomic mass is 16.6. The molecule has 18 nitrogen and oxygen atoms in total. The Morgan fingerprint density at radius 2 is 0.836 bits per heavy atom. The van der Waals surface area contributed by atoms with Crippen LogP contribution in [0.25, 0.3) is 0 Å². The van der Waals surface area contributed by atoms with Crippen LogP contribution >= 0.6 is 0 Å². The van der Waals surface area contributed by atoms with Gasteiger partial charge in [0, 0.05) is 50.4 Å². The van der Waals surface area contributed by atoms with Crippen LogP contribution in [-0.4, -0.2) is 128 Å². The lowest BCUT2D eigenvalue weighted by molar-refractivity contribution is 0.0487. The quantitative estimate of drug-likeness (QED) is 0.0391. The van der Waals surface area contributed by atoms with Crippen molar-refractivity contribution in [3.05, 3.63) is 70.8 Å². The van der Waals surface area contributed by atoms with Gasteiger partial charge in [-0.1, -0.05) is 74.2 Å². The first kappa shape index (κ1) is 51.8. The molecule has 0 aromatic heterocycles. The van der Waals surface area contributed by atoms with Gasteiger partial charge in [-0.25, -0.2) is 19.2 Å². The Morgan fingerprint density at radius 3 is 1.20 bits per heavy atom. The number of carbonyl (C=O) groups is 6. The third-order valence-electron chi connectivity index (χ3n) is 9.05. The van der Waals surface area contributed by atoms with Crippen molar-refractivity contribution in [1.82, 2.24) is 31.9 Å². The van der Waals surface area contributed by atoms with E-state index in [1.165, 1.54) is 27.7 Å². The molecule has 0 saturated carbocycles. The van der Waals surface area contributed by atoms with Crippen molar-refractivity contribution in [3.8, 4) is 0 Å². The van der Waals surface area contributed by atoms with Crippen LogP contribution in [0.2, 0.25) is 0 Å². The van der Waals surface area contributed by atoms with Gasteiger partial charge in [0.1, 0.15) is 11.2 Å². The van der Waals surface area contributed by atoms with Crippen LogP contribution < -0.4 is 31.9 Å². The van der Waals surface area contributed by atoms with E-state index in [2.05, 4.69) is 31.9 Å². The summed E-state index contributed by atoms with van der Waals surface area (Å²) in [7, 11) is 0. The first-order chi connectivity index (χ1) is 29.0. The van der Waals surface area contributed by atoms with Crippen molar-refractivity contribution < 1.29 is 58.3 Å². The normalized spacial score (nSPS) is 11.4. The lowest BCUT2D eigenvalue weighted by Crippen LogP contribution is -2.38. The summed E-state index contributed by atoms with van der Waals surface area (Å²) in [6.45, 7) is 9.45. The predicted molar refractivity (Wildman–Crippen MR) is 228 cm³/mol. The number of hydrogen-bond acceptors (Lipinski definition) is 11. The number of rotatable bonds is 30. The first-order valence-electron chi connectivity index (χ1n) is 20.8. The molecular formula is C43H66N6O12. The van der Waals surface area contributed by atoms with E-state index in [0.29, 0.717) is 94.4 Å². The van der Waals surface area contributed by atoms with Crippen LogP contribution in [0.3, 0.4) is 0 Å². The number of Topliss-reactive ketones (excluding diaryl/α,β-unsaturated/α-hetero) is 2. The summed E-state index contributed by atoms with van der Waals surface area (Å²) in [5, 5.41) is 44.9. The highest BCUT2D eigenvalue weighted by Gasteiger charge is 2.28. The van der Waals surface area contributed by atoms with Crippen molar-refractivity contribution in [3.63, 3.8) is 0 Å². The maximum absolute atomic E-state index is 12.9. The number of ketones is 2. The number of urea groups is 2. The molecule has 9 N–H and O–H groups in total. The van der Waals surface area contributed by atoms with E-state index in [1.54, 1.807) is 48.5 Å². The van der Waals surface area contributed by atoms with Crippen LogP contribution in [0.15, 0.2) is 48.5 Å². The average molecular weight is 859 g/mol. The summed E-state index contributed by atoms with van der Waals surface area (Å²) in [5.41, 5.74) is -1.39. The Kier molecular flexibility index (Phi) is 24.0. The summed E-state index contributed by atoms with van der Waals surface area (Å²) in [6.07, 6.45) is 3.85. The van der Waals surface area contributed by atoms with E-state index >= 15 is 0 Å². The second-order valence-corrected chi connectivity index (χ2v) is 15.4. The monoisotopic (exact) mass is 858 g/mol. The summed E-state index contributed by atoms with van der Waals surface area (Å²) < 4.78 is 16.7. The van der Waals surface area contributed by atoms with Crippen LogP contribution in [-0.2, 0) is 14.2 Å². The lowest BCUT2D eigenvalue weighted by atomic mass is 9.92. The third-order valence-corrected chi connectivity index (χ3v) is 9.05. The van der Waals surface area contributed by atoms with Crippen molar-refractivity contribution >= 4 is 35.8 Å². The van der Waals surface area contributed by atoms with E-state index in [4.69, 9.17) is 19.3 Å². The lowest BCUT2D eigenvalue weighted by Gasteiger charge is -2.21. The van der Waals surface area contributed by atoms with E-state index in [9.17, 15) is 39.0 Å². The van der Waals surface area contributed by atoms with Crippen molar-refractivity contribution in [1.29, 1.82) is 0 Å². The zero-order valence-corrected chi connectivity index (χ0v) is 35.9. The smallest absolute Gasteiger partial charge is 0.408 e. The minimum atomic E-state index is -1.56. The molecule has 0 aliphatic rings. The molecule has 0 unspecified atom stereocenters. The van der Waals surface area contributed by atoms with Gasteiger partial charge in [0.05, 0.1) is 26.4 Å². The zero-order chi connectivity index (χ0) is 45.1. The molecule has 0 atom stereocenters. The van der Waals surface area contributed by atoms with E-state index < -0.39 is 41.1 Å². The van der Waals surface area contributed by atoms with E-state index in [1.807, 2.05) is 0 Å². The first-order valence-corrected chi connectivity index (χ1v) is 20.8. The van der Waals surface area contributed by atoms with Crippen LogP contribution in [0, 0.1) is 0 Å². The summed E-state index contributed by atoms with van der Waals surface area (Å²) in [4.78, 5) is 72.2. The fraction of sp³-hybridized carbons (Fsp3) is 0.581. The summed E-state index contributed by atoms with van der Waals surface area (Å²) in [5.74, 6) is -0.912. The SMILES string of the molecule is CC(C)(O)C(=O)c1ccc(C(OC(=O)NCCCCCCNC(=O)NCCOCCOCCNC(=O)NCCCCCCNC(=O)O)c2ccc(C(=O)C(C)(C)O)cc2)cc1. The van der Waals surface area contributed by atoms with Crippen LogP contribution in [0.4, 0.5) is 19.2 Å². The number of amides is 6. The minimum absolute atomic E-state index is 0.271. The molecule has 18 heteroatoms. The molecule has 0 saturated heterocycles. The summed E-state index contributed by atoms with van der Waals surface area (Å²) in [6, 6.07) is 12.2. The number of ether oxygens (including phenoxy) is 3. The van der Waals surface area contributed by atoms with Crippen molar-refractivity contribution in [2.24, 2.45) is 0 Å². The molecule has 2 aromatic carbocycles. The van der Waals surface area contributed by atoms with Crippen LogP contribution in [0.1, 0.15) is 117 Å². The van der Waals surface area contributed by atoms with Gasteiger partial charge < -0.3 is 61.4 Å². The number of benzene rings is 2. The maximum Gasteiger partial charge on any atom is 0.408 e. The third kappa shape index (κ3) is 22.8. The van der Waals surface area contributed by atoms with Gasteiger partial charge >= 0.3 is 24.2 Å². The molecule has 2 aromatic rings. The Hall–Kier alpha value is -5.30. The highest BCUT2D eigenvalue weighted by Crippen LogP contribution is 2.28. The van der Waals surface area contributed by atoms with E-state index in [0.717, 1.165) is 44.9 Å². The Labute approximate surface area is 358 Å². The standard InChI is InChI=1S/C43H66N6O12/c1-42(2,57)36(50)33-17-13-31(14-18-33)35(32-15-19-34(20-16-32)37(51)43(3,4)58)61-41(56)49-24-12-8-6-10-22-45-39(53)47-26-28-60-30-29-59-27-25-46-38(52)44-21-9-5-7-11-23-48-40(54)55/h13-20,35,48,57-58H,5-12,21-30H2,1-4H3,(H,49,56)(H,54,55)(H2,44,46,52)(H2,45,47,53). The molecule has 2 rings (SSSR count). The van der Waals surface area contributed by atoms with Gasteiger partial charge in [-0.2, -0.15) is 0 Å². The molecule has 340 valence electrons. The van der Waals surface area contributed by atoms with Gasteiger partial charge in [0.15, 0.2) is 17.7 Å². The highest BCUT2D eigenvalue weighted by molar-refractivity contribution is 6.02. The number of carboxylic acid groups (broad SMARTS) is 1. The molecule has 0 aliphatic carbocycles. The minimum Gasteiger partial charge on any atom is -0.465 e. The van der Waals surface area contributed by atoms with Gasteiger partial charge in [-0.15, -0.1) is 0 Å². The van der Waals surface area contributed by atoms with Crippen LogP contribution in [0.5, 0.6) is 0 Å². The number of unbranched alkanes of at least 4 members (excludes halogenated alkanes) is 6. The molecule has 0 heterocycles. The number of nitrogens with one attached hydrogen (secondary N) is 6. The van der Waals surface area contributed by atoms with E-state index in [-0.39, 0.29) is 12.1 Å². The van der Waals surface area contributed by atoms with Gasteiger partial charge in [0.25, 0.3) is 0 Å². The number of hydrogen-bond donors (Lipinski definition) is 9. The molecule has 61 heavy (non-hydrogen) atoms. The second kappa shape index (κ2) is 28.3. The van der Waals surface area contributed by atoms with Crippen molar-refractivity contribution in [2.45, 2.75) is 96.4 Å². The molecule has 0 bridgehead atoms. The largest absolute Gasteiger partial charge is 0.465 e. The number of carbonyl (C=O) groups excluding carboxylic acids is 5. The number of aliphatic hydroxyl groups is 2. The maximum atomic E-state index is 12.9. The van der Waals surface area contributed by atoms with Gasteiger partial charge in [-0.3, -0.25) is 9.59 Å². The fourth-order valence-electron chi connectivity index (χ4n) is 5.72. The molecule has 0 aliphatic heterocycles. The predicted octanol–water partition coefficient (Wildman–Crippen LogP) is 4.43. The Morgan fingerprint density at radius 1 is 0.492 bits per heavy atom. The van der Waals surface area contributed by atoms with Gasteiger partial charge in [-0.05, 0) is 64.5 Å².